The van der Waals surface area contributed by atoms with Gasteiger partial charge in [-0.05, 0) is 30.7 Å². The van der Waals surface area contributed by atoms with Crippen LogP contribution in [0, 0.1) is 0 Å². The molecule has 2 N–H and O–H groups in total. The first-order valence-electron chi connectivity index (χ1n) is 5.82. The summed E-state index contributed by atoms with van der Waals surface area (Å²) in [5.41, 5.74) is 0.403. The number of carbonyl (C=O) groups excluding carboxylic acids is 2. The molecule has 1 amide bonds. The van der Waals surface area contributed by atoms with Crippen molar-refractivity contribution in [2.24, 2.45) is 0 Å². The molecule has 0 bridgehead atoms. The number of hydrogen-bond donors (Lipinski definition) is 2. The zero-order chi connectivity index (χ0) is 14.4. The summed E-state index contributed by atoms with van der Waals surface area (Å²) in [6.45, 7) is 1.75. The lowest BCUT2D eigenvalue weighted by Crippen LogP contribution is -2.47. The first-order chi connectivity index (χ1) is 8.99. The van der Waals surface area contributed by atoms with E-state index in [4.69, 9.17) is 11.6 Å². The smallest absolute Gasteiger partial charge is 0.336 e. The third kappa shape index (κ3) is 4.22. The summed E-state index contributed by atoms with van der Waals surface area (Å²) < 4.78 is 4.44. The lowest BCUT2D eigenvalue weighted by molar-refractivity contribution is -0.151. The summed E-state index contributed by atoms with van der Waals surface area (Å²) in [4.78, 5) is 23.2. The zero-order valence-electron chi connectivity index (χ0n) is 10.7. The van der Waals surface area contributed by atoms with Gasteiger partial charge in [0.25, 0.3) is 5.91 Å². The molecule has 0 aliphatic heterocycles. The molecule has 1 rings (SSSR count). The Balaban J connectivity index is 2.73. The van der Waals surface area contributed by atoms with Crippen molar-refractivity contribution in [3.05, 3.63) is 34.9 Å². The van der Waals surface area contributed by atoms with Gasteiger partial charge in [0.05, 0.1) is 13.2 Å². The van der Waals surface area contributed by atoms with Gasteiger partial charge in [0.2, 0.25) is 0 Å². The summed E-state index contributed by atoms with van der Waals surface area (Å²) in [7, 11) is 1.18. The van der Waals surface area contributed by atoms with E-state index in [-0.39, 0.29) is 5.91 Å². The quantitative estimate of drug-likeness (QED) is 0.802. The largest absolute Gasteiger partial charge is 0.467 e. The fourth-order valence-electron chi connectivity index (χ4n) is 1.54. The van der Waals surface area contributed by atoms with E-state index in [0.29, 0.717) is 17.0 Å². The van der Waals surface area contributed by atoms with Crippen molar-refractivity contribution in [2.45, 2.75) is 25.5 Å². The Morgan fingerprint density at radius 1 is 1.37 bits per heavy atom. The van der Waals surface area contributed by atoms with Gasteiger partial charge in [-0.3, -0.25) is 4.79 Å². The fraction of sp³-hybridized carbons (Fsp3) is 0.385. The molecule has 1 aromatic rings. The summed E-state index contributed by atoms with van der Waals surface area (Å²) in [6, 6.07) is 5.61. The topological polar surface area (TPSA) is 75.6 Å². The SMILES string of the molecule is CCC(NC(=O)c1ccc(Cl)cc1)C(O)C(=O)OC. The number of methoxy groups -OCH3 is 1. The molecule has 0 radical (unpaired) electrons. The van der Waals surface area contributed by atoms with E-state index in [1.165, 1.54) is 7.11 Å². The molecule has 0 heterocycles. The molecule has 5 nitrogen and oxygen atoms in total. The average Bonchev–Trinajstić information content (AvgIpc) is 2.43. The van der Waals surface area contributed by atoms with Crippen molar-refractivity contribution in [1.29, 1.82) is 0 Å². The standard InChI is InChI=1S/C13H16ClNO4/c1-3-10(11(16)13(18)19-2)15-12(17)8-4-6-9(14)7-5-8/h4-7,10-11,16H,3H2,1-2H3,(H,15,17). The van der Waals surface area contributed by atoms with Crippen LogP contribution in [0.15, 0.2) is 24.3 Å². The van der Waals surface area contributed by atoms with Crippen LogP contribution >= 0.6 is 11.6 Å². The van der Waals surface area contributed by atoms with Crippen LogP contribution in [0.3, 0.4) is 0 Å². The molecule has 0 aliphatic rings. The van der Waals surface area contributed by atoms with E-state index in [2.05, 4.69) is 10.1 Å². The second-order valence-corrected chi connectivity index (χ2v) is 4.40. The van der Waals surface area contributed by atoms with Crippen molar-refractivity contribution in [3.63, 3.8) is 0 Å². The number of amides is 1. The van der Waals surface area contributed by atoms with Crippen molar-refractivity contribution in [3.8, 4) is 0 Å². The first-order valence-corrected chi connectivity index (χ1v) is 6.19. The minimum atomic E-state index is -1.38. The minimum Gasteiger partial charge on any atom is -0.467 e. The Labute approximate surface area is 116 Å². The van der Waals surface area contributed by atoms with Gasteiger partial charge in [0, 0.05) is 10.6 Å². The van der Waals surface area contributed by atoms with E-state index in [1.54, 1.807) is 31.2 Å². The number of halogens is 1. The molecule has 6 heteroatoms. The van der Waals surface area contributed by atoms with Gasteiger partial charge >= 0.3 is 5.97 Å². The highest BCUT2D eigenvalue weighted by Gasteiger charge is 2.27. The highest BCUT2D eigenvalue weighted by Crippen LogP contribution is 2.10. The molecule has 2 atom stereocenters. The molecular weight excluding hydrogens is 270 g/mol. The lowest BCUT2D eigenvalue weighted by atomic mass is 10.1. The van der Waals surface area contributed by atoms with Gasteiger partial charge in [-0.1, -0.05) is 18.5 Å². The van der Waals surface area contributed by atoms with E-state index in [0.717, 1.165) is 0 Å². The average molecular weight is 286 g/mol. The van der Waals surface area contributed by atoms with Gasteiger partial charge in [0.15, 0.2) is 6.10 Å². The van der Waals surface area contributed by atoms with Crippen LogP contribution < -0.4 is 5.32 Å². The van der Waals surface area contributed by atoms with E-state index >= 15 is 0 Å². The van der Waals surface area contributed by atoms with Crippen molar-refractivity contribution >= 4 is 23.5 Å². The summed E-state index contributed by atoms with van der Waals surface area (Å²) in [5.74, 6) is -1.16. The molecule has 0 saturated carbocycles. The number of nitrogens with one attached hydrogen (secondary N) is 1. The maximum absolute atomic E-state index is 11.9. The number of ether oxygens (including phenoxy) is 1. The Morgan fingerprint density at radius 2 is 1.95 bits per heavy atom. The van der Waals surface area contributed by atoms with E-state index in [9.17, 15) is 14.7 Å². The third-order valence-corrected chi connectivity index (χ3v) is 2.94. The molecule has 19 heavy (non-hydrogen) atoms. The van der Waals surface area contributed by atoms with Gasteiger partial charge in [0.1, 0.15) is 0 Å². The molecule has 0 aromatic heterocycles. The molecular formula is C13H16ClNO4. The van der Waals surface area contributed by atoms with Crippen molar-refractivity contribution in [2.75, 3.05) is 7.11 Å². The molecule has 0 saturated heterocycles. The predicted molar refractivity (Wildman–Crippen MR) is 71.0 cm³/mol. The lowest BCUT2D eigenvalue weighted by Gasteiger charge is -2.21. The van der Waals surface area contributed by atoms with Crippen molar-refractivity contribution in [1.82, 2.24) is 5.32 Å². The van der Waals surface area contributed by atoms with Crippen LogP contribution in [0.1, 0.15) is 23.7 Å². The van der Waals surface area contributed by atoms with Crippen LogP contribution in [0.25, 0.3) is 0 Å². The van der Waals surface area contributed by atoms with Gasteiger partial charge in [-0.2, -0.15) is 0 Å². The van der Waals surface area contributed by atoms with E-state index < -0.39 is 18.1 Å². The number of aliphatic hydroxyl groups excluding tert-OH is 1. The number of aliphatic hydroxyl groups is 1. The first kappa shape index (κ1) is 15.5. The normalized spacial score (nSPS) is 13.5. The maximum atomic E-state index is 11.9. The summed E-state index contributed by atoms with van der Waals surface area (Å²) >= 11 is 5.73. The molecule has 0 aliphatic carbocycles. The second-order valence-electron chi connectivity index (χ2n) is 3.96. The van der Waals surface area contributed by atoms with Crippen molar-refractivity contribution < 1.29 is 19.4 Å². The Bertz CT molecular complexity index is 446. The van der Waals surface area contributed by atoms with E-state index in [1.807, 2.05) is 0 Å². The minimum absolute atomic E-state index is 0.383. The maximum Gasteiger partial charge on any atom is 0.336 e. The van der Waals surface area contributed by atoms with Crippen LogP contribution in [0.2, 0.25) is 5.02 Å². The van der Waals surface area contributed by atoms with Crippen LogP contribution in [0.5, 0.6) is 0 Å². The highest BCUT2D eigenvalue weighted by molar-refractivity contribution is 6.30. The number of rotatable bonds is 5. The Hall–Kier alpha value is -1.59. The second kappa shape index (κ2) is 7.11. The molecule has 2 unspecified atom stereocenters. The molecule has 0 spiro atoms. The zero-order valence-corrected chi connectivity index (χ0v) is 11.5. The fourth-order valence-corrected chi connectivity index (χ4v) is 1.67. The Kier molecular flexibility index (Phi) is 5.79. The number of carbonyl (C=O) groups is 2. The predicted octanol–water partition coefficient (Wildman–Crippen LogP) is 1.38. The summed E-state index contributed by atoms with van der Waals surface area (Å²) in [5, 5.41) is 12.8. The van der Waals surface area contributed by atoms with Gasteiger partial charge in [-0.15, -0.1) is 0 Å². The monoisotopic (exact) mass is 285 g/mol. The molecule has 104 valence electrons. The van der Waals surface area contributed by atoms with Gasteiger partial charge in [-0.25, -0.2) is 4.79 Å². The number of esters is 1. The van der Waals surface area contributed by atoms with Crippen LogP contribution in [-0.2, 0) is 9.53 Å². The van der Waals surface area contributed by atoms with Gasteiger partial charge < -0.3 is 15.2 Å². The van der Waals surface area contributed by atoms with Crippen LogP contribution in [-0.4, -0.2) is 36.2 Å². The third-order valence-electron chi connectivity index (χ3n) is 2.69. The highest BCUT2D eigenvalue weighted by atomic mass is 35.5. The summed E-state index contributed by atoms with van der Waals surface area (Å²) in [6.07, 6.45) is -0.985. The number of hydrogen-bond acceptors (Lipinski definition) is 4. The molecule has 0 fully saturated rings. The Morgan fingerprint density at radius 3 is 2.42 bits per heavy atom. The van der Waals surface area contributed by atoms with Crippen LogP contribution in [0.4, 0.5) is 0 Å². The molecule has 1 aromatic carbocycles. The number of benzene rings is 1.